The molecule has 2 aromatic carbocycles. The Hall–Kier alpha value is -1.76. The summed E-state index contributed by atoms with van der Waals surface area (Å²) in [5, 5.41) is 3.66. The molecule has 1 N–H and O–H groups in total. The third kappa shape index (κ3) is 2.03. The molecule has 2 aromatic rings. The van der Waals surface area contributed by atoms with Crippen molar-refractivity contribution in [3.8, 4) is 0 Å². The van der Waals surface area contributed by atoms with Crippen molar-refractivity contribution >= 4 is 5.69 Å². The highest BCUT2D eigenvalue weighted by Gasteiger charge is 2.40. The van der Waals surface area contributed by atoms with Gasteiger partial charge in [-0.05, 0) is 37.5 Å². The number of hydrogen-bond acceptors (Lipinski definition) is 1. The van der Waals surface area contributed by atoms with Crippen LogP contribution < -0.4 is 5.32 Å². The van der Waals surface area contributed by atoms with Crippen molar-refractivity contribution in [3.63, 3.8) is 0 Å². The van der Waals surface area contributed by atoms with Gasteiger partial charge >= 0.3 is 0 Å². The third-order valence-corrected chi connectivity index (χ3v) is 4.20. The first-order chi connectivity index (χ1) is 9.01. The first-order valence-electron chi connectivity index (χ1n) is 6.95. The summed E-state index contributed by atoms with van der Waals surface area (Å²) in [6, 6.07) is 19.6. The summed E-state index contributed by atoms with van der Waals surface area (Å²) >= 11 is 0. The Bertz CT molecular complexity index is 586. The van der Waals surface area contributed by atoms with Crippen molar-refractivity contribution in [3.05, 3.63) is 65.7 Å². The van der Waals surface area contributed by atoms with E-state index in [0.717, 1.165) is 6.42 Å². The summed E-state index contributed by atoms with van der Waals surface area (Å²) in [5.41, 5.74) is 4.26. The minimum Gasteiger partial charge on any atom is -0.380 e. The van der Waals surface area contributed by atoms with Gasteiger partial charge in [-0.3, -0.25) is 0 Å². The number of para-hydroxylation sites is 1. The number of fused-ring (bicyclic) bond motifs is 1. The van der Waals surface area contributed by atoms with E-state index in [1.807, 2.05) is 0 Å². The van der Waals surface area contributed by atoms with Crippen LogP contribution in [0.3, 0.4) is 0 Å². The van der Waals surface area contributed by atoms with Gasteiger partial charge in [-0.15, -0.1) is 0 Å². The molecule has 0 spiro atoms. The zero-order chi connectivity index (χ0) is 13.5. The average Bonchev–Trinajstić information content (AvgIpc) is 2.38. The Morgan fingerprint density at radius 3 is 2.21 bits per heavy atom. The highest BCUT2D eigenvalue weighted by atomic mass is 15.0. The molecule has 0 saturated heterocycles. The van der Waals surface area contributed by atoms with Crippen LogP contribution in [0.15, 0.2) is 54.6 Å². The highest BCUT2D eigenvalue weighted by molar-refractivity contribution is 5.62. The second-order valence-corrected chi connectivity index (χ2v) is 6.43. The average molecular weight is 251 g/mol. The lowest BCUT2D eigenvalue weighted by molar-refractivity contribution is 0.378. The largest absolute Gasteiger partial charge is 0.380 e. The van der Waals surface area contributed by atoms with Gasteiger partial charge < -0.3 is 5.32 Å². The lowest BCUT2D eigenvalue weighted by atomic mass is 9.66. The minimum atomic E-state index is 0.0760. The Balaban J connectivity index is 2.20. The van der Waals surface area contributed by atoms with Crippen LogP contribution in [0.4, 0.5) is 5.69 Å². The van der Waals surface area contributed by atoms with E-state index in [9.17, 15) is 0 Å². The SMILES string of the molecule is CC1(C)CC(C)(c2ccccc2)c2ccccc2N1. The van der Waals surface area contributed by atoms with Crippen molar-refractivity contribution in [2.24, 2.45) is 0 Å². The molecule has 0 amide bonds. The van der Waals surface area contributed by atoms with E-state index in [0.29, 0.717) is 0 Å². The van der Waals surface area contributed by atoms with E-state index in [-0.39, 0.29) is 11.0 Å². The van der Waals surface area contributed by atoms with Crippen molar-refractivity contribution in [1.82, 2.24) is 0 Å². The van der Waals surface area contributed by atoms with Crippen LogP contribution in [0.1, 0.15) is 38.3 Å². The molecule has 0 aliphatic carbocycles. The molecule has 0 fully saturated rings. The molecule has 1 aliphatic rings. The number of anilines is 1. The van der Waals surface area contributed by atoms with Gasteiger partial charge in [-0.25, -0.2) is 0 Å². The molecule has 3 rings (SSSR count). The van der Waals surface area contributed by atoms with E-state index >= 15 is 0 Å². The second-order valence-electron chi connectivity index (χ2n) is 6.43. The fourth-order valence-corrected chi connectivity index (χ4v) is 3.52. The number of benzene rings is 2. The third-order valence-electron chi connectivity index (χ3n) is 4.20. The van der Waals surface area contributed by atoms with Gasteiger partial charge in [0.2, 0.25) is 0 Å². The van der Waals surface area contributed by atoms with Gasteiger partial charge in [-0.1, -0.05) is 55.5 Å². The molecule has 0 saturated carbocycles. The van der Waals surface area contributed by atoms with E-state index in [1.54, 1.807) is 0 Å². The molecule has 1 heterocycles. The molecule has 1 heteroatoms. The van der Waals surface area contributed by atoms with Gasteiger partial charge in [0.05, 0.1) is 0 Å². The summed E-state index contributed by atoms with van der Waals surface area (Å²) < 4.78 is 0. The zero-order valence-electron chi connectivity index (χ0n) is 11.9. The highest BCUT2D eigenvalue weighted by Crippen LogP contribution is 2.46. The van der Waals surface area contributed by atoms with Crippen molar-refractivity contribution < 1.29 is 0 Å². The summed E-state index contributed by atoms with van der Waals surface area (Å²) in [6.07, 6.45) is 1.10. The maximum atomic E-state index is 3.66. The number of hydrogen-bond donors (Lipinski definition) is 1. The fraction of sp³-hybridized carbons (Fsp3) is 0.333. The number of nitrogens with one attached hydrogen (secondary N) is 1. The molecule has 1 aliphatic heterocycles. The van der Waals surface area contributed by atoms with E-state index in [4.69, 9.17) is 0 Å². The monoisotopic (exact) mass is 251 g/mol. The Kier molecular flexibility index (Phi) is 2.67. The van der Waals surface area contributed by atoms with Crippen LogP contribution >= 0.6 is 0 Å². The second kappa shape index (κ2) is 4.12. The quantitative estimate of drug-likeness (QED) is 0.782. The van der Waals surface area contributed by atoms with Gasteiger partial charge in [-0.2, -0.15) is 0 Å². The van der Waals surface area contributed by atoms with Crippen molar-refractivity contribution in [2.75, 3.05) is 5.32 Å². The van der Waals surface area contributed by atoms with Crippen LogP contribution in [-0.2, 0) is 5.41 Å². The van der Waals surface area contributed by atoms with Crippen LogP contribution in [-0.4, -0.2) is 5.54 Å². The Labute approximate surface area is 115 Å². The molecule has 1 nitrogen and oxygen atoms in total. The smallest absolute Gasteiger partial charge is 0.0385 e. The van der Waals surface area contributed by atoms with Crippen LogP contribution in [0.5, 0.6) is 0 Å². The lowest BCUT2D eigenvalue weighted by Crippen LogP contribution is -2.45. The van der Waals surface area contributed by atoms with E-state index < -0.39 is 0 Å². The maximum absolute atomic E-state index is 3.66. The molecule has 0 bridgehead atoms. The lowest BCUT2D eigenvalue weighted by Gasteiger charge is -2.45. The van der Waals surface area contributed by atoms with Crippen molar-refractivity contribution in [2.45, 2.75) is 38.1 Å². The molecule has 1 atom stereocenters. The first-order valence-corrected chi connectivity index (χ1v) is 6.95. The van der Waals surface area contributed by atoms with Gasteiger partial charge in [0.25, 0.3) is 0 Å². The minimum absolute atomic E-state index is 0.0760. The van der Waals surface area contributed by atoms with Gasteiger partial charge in [0.15, 0.2) is 0 Å². The van der Waals surface area contributed by atoms with Crippen molar-refractivity contribution in [1.29, 1.82) is 0 Å². The molecule has 0 radical (unpaired) electrons. The fourth-order valence-electron chi connectivity index (χ4n) is 3.52. The van der Waals surface area contributed by atoms with Gasteiger partial charge in [0, 0.05) is 16.6 Å². The summed E-state index contributed by atoms with van der Waals surface area (Å²) in [7, 11) is 0. The van der Waals surface area contributed by atoms with E-state index in [2.05, 4.69) is 80.7 Å². The predicted octanol–water partition coefficient (Wildman–Crippen LogP) is 4.59. The maximum Gasteiger partial charge on any atom is 0.0385 e. The molecule has 19 heavy (non-hydrogen) atoms. The van der Waals surface area contributed by atoms with Gasteiger partial charge in [0.1, 0.15) is 0 Å². The Morgan fingerprint density at radius 1 is 0.842 bits per heavy atom. The van der Waals surface area contributed by atoms with Crippen LogP contribution in [0, 0.1) is 0 Å². The predicted molar refractivity (Wildman–Crippen MR) is 81.7 cm³/mol. The summed E-state index contributed by atoms with van der Waals surface area (Å²) in [4.78, 5) is 0. The molecule has 98 valence electrons. The van der Waals surface area contributed by atoms with Crippen LogP contribution in [0.25, 0.3) is 0 Å². The molecule has 1 unspecified atom stereocenters. The standard InChI is InChI=1S/C18H21N/c1-17(2)13-18(3,14-9-5-4-6-10-14)15-11-7-8-12-16(15)19-17/h4-12,19H,13H2,1-3H3. The molecule has 0 aromatic heterocycles. The molecular weight excluding hydrogens is 230 g/mol. The first kappa shape index (κ1) is 12.3. The summed E-state index contributed by atoms with van der Waals surface area (Å²) in [5.74, 6) is 0. The van der Waals surface area contributed by atoms with Crippen LogP contribution in [0.2, 0.25) is 0 Å². The Morgan fingerprint density at radius 2 is 1.47 bits per heavy atom. The normalized spacial score (nSPS) is 24.4. The topological polar surface area (TPSA) is 12.0 Å². The molecular formula is C18H21N. The van der Waals surface area contributed by atoms with E-state index in [1.165, 1.54) is 16.8 Å². The zero-order valence-corrected chi connectivity index (χ0v) is 11.9. The number of rotatable bonds is 1. The summed E-state index contributed by atoms with van der Waals surface area (Å²) in [6.45, 7) is 6.93.